The molecule has 6 nitrogen and oxygen atoms in total. The lowest BCUT2D eigenvalue weighted by molar-refractivity contribution is 0.0385. The van der Waals surface area contributed by atoms with Crippen molar-refractivity contribution in [1.82, 2.24) is 15.1 Å². The van der Waals surface area contributed by atoms with Crippen LogP contribution in [0, 0.1) is 5.92 Å². The molecule has 6 heteroatoms. The SMILES string of the molecule is CCOC(c1noc(-c2cccc(N)n2)n1)C1CC1. The van der Waals surface area contributed by atoms with E-state index in [1.54, 1.807) is 12.1 Å². The van der Waals surface area contributed by atoms with E-state index in [-0.39, 0.29) is 6.10 Å². The van der Waals surface area contributed by atoms with Crippen molar-refractivity contribution in [1.29, 1.82) is 0 Å². The zero-order chi connectivity index (χ0) is 13.2. The van der Waals surface area contributed by atoms with E-state index in [1.165, 1.54) is 0 Å². The Morgan fingerprint density at radius 2 is 2.26 bits per heavy atom. The quantitative estimate of drug-likeness (QED) is 0.886. The zero-order valence-electron chi connectivity index (χ0n) is 10.7. The highest BCUT2D eigenvalue weighted by atomic mass is 16.5. The number of hydrogen-bond donors (Lipinski definition) is 1. The van der Waals surface area contributed by atoms with Gasteiger partial charge in [0.15, 0.2) is 0 Å². The lowest BCUT2D eigenvalue weighted by atomic mass is 10.2. The third-order valence-corrected chi connectivity index (χ3v) is 3.08. The van der Waals surface area contributed by atoms with Gasteiger partial charge in [0.2, 0.25) is 5.82 Å². The van der Waals surface area contributed by atoms with E-state index in [9.17, 15) is 0 Å². The predicted octanol–water partition coefficient (Wildman–Crippen LogP) is 2.20. The van der Waals surface area contributed by atoms with Gasteiger partial charge in [0.05, 0.1) is 0 Å². The first-order chi connectivity index (χ1) is 9.28. The Morgan fingerprint density at radius 1 is 1.42 bits per heavy atom. The summed E-state index contributed by atoms with van der Waals surface area (Å²) in [6, 6.07) is 5.32. The molecule has 100 valence electrons. The molecule has 1 saturated carbocycles. The van der Waals surface area contributed by atoms with E-state index < -0.39 is 0 Å². The Kier molecular flexibility index (Phi) is 3.16. The van der Waals surface area contributed by atoms with Crippen LogP contribution in [0.3, 0.4) is 0 Å². The van der Waals surface area contributed by atoms with Crippen LogP contribution in [0.2, 0.25) is 0 Å². The predicted molar refractivity (Wildman–Crippen MR) is 69.0 cm³/mol. The summed E-state index contributed by atoms with van der Waals surface area (Å²) in [5.74, 6) is 1.93. The number of nitrogens with two attached hydrogens (primary N) is 1. The maximum absolute atomic E-state index is 5.69. The molecular weight excluding hydrogens is 244 g/mol. The van der Waals surface area contributed by atoms with Crippen LogP contribution in [0.5, 0.6) is 0 Å². The van der Waals surface area contributed by atoms with Crippen molar-refractivity contribution in [2.24, 2.45) is 5.92 Å². The van der Waals surface area contributed by atoms with Crippen molar-refractivity contribution in [3.63, 3.8) is 0 Å². The second-order valence-electron chi connectivity index (χ2n) is 4.62. The third kappa shape index (κ3) is 2.58. The molecule has 2 heterocycles. The number of pyridine rings is 1. The Balaban J connectivity index is 1.85. The number of nitrogens with zero attached hydrogens (tertiary/aromatic N) is 3. The highest BCUT2D eigenvalue weighted by molar-refractivity contribution is 5.50. The molecule has 0 saturated heterocycles. The molecule has 1 unspecified atom stereocenters. The molecule has 1 aliphatic carbocycles. The second-order valence-corrected chi connectivity index (χ2v) is 4.62. The van der Waals surface area contributed by atoms with Crippen molar-refractivity contribution < 1.29 is 9.26 Å². The minimum absolute atomic E-state index is 0.0661. The Bertz CT molecular complexity index is 565. The van der Waals surface area contributed by atoms with E-state index in [4.69, 9.17) is 15.0 Å². The van der Waals surface area contributed by atoms with Crippen molar-refractivity contribution >= 4 is 5.82 Å². The van der Waals surface area contributed by atoms with E-state index in [0.717, 1.165) is 12.8 Å². The van der Waals surface area contributed by atoms with Gasteiger partial charge in [0.1, 0.15) is 17.6 Å². The zero-order valence-corrected chi connectivity index (χ0v) is 10.7. The van der Waals surface area contributed by atoms with Gasteiger partial charge in [-0.1, -0.05) is 11.2 Å². The normalized spacial score (nSPS) is 16.5. The van der Waals surface area contributed by atoms with Gasteiger partial charge in [0.25, 0.3) is 5.89 Å². The van der Waals surface area contributed by atoms with Crippen LogP contribution in [0.25, 0.3) is 11.6 Å². The molecule has 3 rings (SSSR count). The molecule has 0 bridgehead atoms. The molecular formula is C13H16N4O2. The first kappa shape index (κ1) is 12.1. The topological polar surface area (TPSA) is 87.1 Å². The van der Waals surface area contributed by atoms with Crippen LogP contribution in [0.1, 0.15) is 31.7 Å². The highest BCUT2D eigenvalue weighted by Gasteiger charge is 2.36. The van der Waals surface area contributed by atoms with Crippen molar-refractivity contribution in [2.75, 3.05) is 12.3 Å². The maximum atomic E-state index is 5.69. The van der Waals surface area contributed by atoms with E-state index >= 15 is 0 Å². The van der Waals surface area contributed by atoms with Crippen LogP contribution >= 0.6 is 0 Å². The molecule has 1 fully saturated rings. The van der Waals surface area contributed by atoms with Crippen LogP contribution in [0.4, 0.5) is 5.82 Å². The van der Waals surface area contributed by atoms with Crippen molar-refractivity contribution in [2.45, 2.75) is 25.9 Å². The Labute approximate surface area is 111 Å². The maximum Gasteiger partial charge on any atom is 0.276 e. The summed E-state index contributed by atoms with van der Waals surface area (Å²) in [6.07, 6.45) is 2.25. The van der Waals surface area contributed by atoms with Crippen LogP contribution < -0.4 is 5.73 Å². The van der Waals surface area contributed by atoms with Crippen LogP contribution in [0.15, 0.2) is 22.7 Å². The van der Waals surface area contributed by atoms with Crippen LogP contribution in [-0.2, 0) is 4.74 Å². The molecule has 0 radical (unpaired) electrons. The van der Waals surface area contributed by atoms with E-state index in [2.05, 4.69) is 15.1 Å². The second kappa shape index (κ2) is 4.97. The molecule has 0 amide bonds. The summed E-state index contributed by atoms with van der Waals surface area (Å²) in [5.41, 5.74) is 6.23. The lowest BCUT2D eigenvalue weighted by Gasteiger charge is -2.10. The van der Waals surface area contributed by atoms with Crippen LogP contribution in [-0.4, -0.2) is 21.7 Å². The van der Waals surface area contributed by atoms with E-state index in [1.807, 2.05) is 13.0 Å². The largest absolute Gasteiger partial charge is 0.384 e. The van der Waals surface area contributed by atoms with Gasteiger partial charge in [0, 0.05) is 6.61 Å². The summed E-state index contributed by atoms with van der Waals surface area (Å²) in [7, 11) is 0. The van der Waals surface area contributed by atoms with E-state index in [0.29, 0.717) is 35.8 Å². The number of hydrogen-bond acceptors (Lipinski definition) is 6. The summed E-state index contributed by atoms with van der Waals surface area (Å²) in [5, 5.41) is 4.01. The Hall–Kier alpha value is -1.95. The van der Waals surface area contributed by atoms with Crippen molar-refractivity contribution in [3.8, 4) is 11.6 Å². The van der Waals surface area contributed by atoms with Gasteiger partial charge in [-0.15, -0.1) is 0 Å². The van der Waals surface area contributed by atoms with Gasteiger partial charge < -0.3 is 15.0 Å². The molecule has 19 heavy (non-hydrogen) atoms. The Morgan fingerprint density at radius 3 is 2.95 bits per heavy atom. The first-order valence-corrected chi connectivity index (χ1v) is 6.46. The molecule has 0 spiro atoms. The highest BCUT2D eigenvalue weighted by Crippen LogP contribution is 2.42. The summed E-state index contributed by atoms with van der Waals surface area (Å²) in [6.45, 7) is 2.61. The van der Waals surface area contributed by atoms with Gasteiger partial charge in [-0.25, -0.2) is 4.98 Å². The molecule has 2 aromatic rings. The summed E-state index contributed by atoms with van der Waals surface area (Å²) < 4.78 is 10.9. The number of ether oxygens (including phenoxy) is 1. The van der Waals surface area contributed by atoms with Gasteiger partial charge in [-0.05, 0) is 37.8 Å². The average molecular weight is 260 g/mol. The molecule has 0 aliphatic heterocycles. The molecule has 2 N–H and O–H groups in total. The van der Waals surface area contributed by atoms with Gasteiger partial charge in [-0.2, -0.15) is 4.98 Å². The van der Waals surface area contributed by atoms with Gasteiger partial charge in [-0.3, -0.25) is 0 Å². The molecule has 1 atom stereocenters. The fraction of sp³-hybridized carbons (Fsp3) is 0.462. The monoisotopic (exact) mass is 260 g/mol. The molecule has 2 aromatic heterocycles. The minimum Gasteiger partial charge on any atom is -0.384 e. The minimum atomic E-state index is -0.0661. The number of anilines is 1. The fourth-order valence-corrected chi connectivity index (χ4v) is 2.03. The molecule has 1 aliphatic rings. The number of rotatable bonds is 5. The number of nitrogen functional groups attached to an aromatic ring is 1. The lowest BCUT2D eigenvalue weighted by Crippen LogP contribution is -2.08. The smallest absolute Gasteiger partial charge is 0.276 e. The van der Waals surface area contributed by atoms with Crippen molar-refractivity contribution in [3.05, 3.63) is 24.0 Å². The summed E-state index contributed by atoms with van der Waals surface area (Å²) in [4.78, 5) is 8.54. The first-order valence-electron chi connectivity index (χ1n) is 6.46. The number of aromatic nitrogens is 3. The summed E-state index contributed by atoms with van der Waals surface area (Å²) >= 11 is 0. The molecule has 0 aromatic carbocycles. The standard InChI is InChI=1S/C13H16N4O2/c1-2-18-11(8-6-7-8)12-16-13(19-17-12)9-4-3-5-10(14)15-9/h3-5,8,11H,2,6-7H2,1H3,(H2,14,15). The third-order valence-electron chi connectivity index (χ3n) is 3.08. The average Bonchev–Trinajstić information content (AvgIpc) is 3.13. The fourth-order valence-electron chi connectivity index (χ4n) is 2.03. The van der Waals surface area contributed by atoms with Gasteiger partial charge >= 0.3 is 0 Å².